The van der Waals surface area contributed by atoms with E-state index >= 15 is 0 Å². The lowest BCUT2D eigenvalue weighted by atomic mass is 9.81. The number of allylic oxidation sites excluding steroid dienone is 1. The molecule has 1 aliphatic rings. The van der Waals surface area contributed by atoms with Crippen LogP contribution >= 0.6 is 0 Å². The summed E-state index contributed by atoms with van der Waals surface area (Å²) in [6.07, 6.45) is 4.70. The summed E-state index contributed by atoms with van der Waals surface area (Å²) in [6.45, 7) is 12.9. The Morgan fingerprint density at radius 1 is 1.41 bits per heavy atom. The maximum atomic E-state index is 11.3. The first-order valence-electron chi connectivity index (χ1n) is 6.60. The molecule has 0 radical (unpaired) electrons. The highest BCUT2D eigenvalue weighted by atomic mass is 28.3. The van der Waals surface area contributed by atoms with E-state index in [1.807, 2.05) is 0 Å². The Kier molecular flexibility index (Phi) is 4.59. The maximum Gasteiger partial charge on any atom is 0.302 e. The zero-order valence-electron chi connectivity index (χ0n) is 12.0. The van der Waals surface area contributed by atoms with Crippen LogP contribution in [0, 0.1) is 11.8 Å². The predicted molar refractivity (Wildman–Crippen MR) is 74.5 cm³/mol. The van der Waals surface area contributed by atoms with Crippen LogP contribution in [0.25, 0.3) is 0 Å². The van der Waals surface area contributed by atoms with Gasteiger partial charge in [-0.2, -0.15) is 0 Å². The molecular weight excluding hydrogens is 228 g/mol. The number of esters is 1. The minimum Gasteiger partial charge on any atom is -0.462 e. The van der Waals surface area contributed by atoms with E-state index in [-0.39, 0.29) is 11.7 Å². The first-order chi connectivity index (χ1) is 7.73. The molecule has 98 valence electrons. The summed E-state index contributed by atoms with van der Waals surface area (Å²) < 4.78 is 5.63. The molecule has 1 rings (SSSR count). The second-order valence-electron chi connectivity index (χ2n) is 6.40. The van der Waals surface area contributed by atoms with Crippen LogP contribution < -0.4 is 0 Å². The molecule has 0 aliphatic heterocycles. The fourth-order valence-corrected chi connectivity index (χ4v) is 4.43. The molecule has 0 heterocycles. The summed E-state index contributed by atoms with van der Waals surface area (Å²) in [5.41, 5.74) is 1.43. The monoisotopic (exact) mass is 254 g/mol. The molecule has 0 saturated carbocycles. The molecule has 3 heteroatoms. The summed E-state index contributed by atoms with van der Waals surface area (Å²) in [4.78, 5) is 11.3. The standard InChI is InChI=1S/C14H26O2Si/c1-10-8-7-9-13(11(10)2)14(16-12(3)15)17(4,5)6/h9-11,14H,7-8H2,1-6H3. The van der Waals surface area contributed by atoms with Gasteiger partial charge in [0.25, 0.3) is 0 Å². The van der Waals surface area contributed by atoms with Crippen LogP contribution in [-0.4, -0.2) is 19.8 Å². The quantitative estimate of drug-likeness (QED) is 0.435. The van der Waals surface area contributed by atoms with Gasteiger partial charge < -0.3 is 4.74 Å². The SMILES string of the molecule is CC(=O)OC(C1=CCCC(C)C1C)[Si](C)(C)C. The van der Waals surface area contributed by atoms with E-state index in [1.54, 1.807) is 0 Å². The van der Waals surface area contributed by atoms with E-state index in [2.05, 4.69) is 39.6 Å². The van der Waals surface area contributed by atoms with Crippen LogP contribution in [0.2, 0.25) is 19.6 Å². The number of carbonyl (C=O) groups is 1. The molecule has 17 heavy (non-hydrogen) atoms. The molecule has 3 unspecified atom stereocenters. The van der Waals surface area contributed by atoms with Crippen LogP contribution in [0.1, 0.15) is 33.6 Å². The van der Waals surface area contributed by atoms with Gasteiger partial charge in [-0.3, -0.25) is 4.79 Å². The number of hydrogen-bond acceptors (Lipinski definition) is 2. The Hall–Kier alpha value is -0.573. The molecule has 0 bridgehead atoms. The van der Waals surface area contributed by atoms with Crippen molar-refractivity contribution in [2.24, 2.45) is 11.8 Å². The summed E-state index contributed by atoms with van der Waals surface area (Å²) in [6, 6.07) is 0. The van der Waals surface area contributed by atoms with Crippen molar-refractivity contribution < 1.29 is 9.53 Å². The molecule has 3 atom stereocenters. The first-order valence-corrected chi connectivity index (χ1v) is 10.2. The van der Waals surface area contributed by atoms with Gasteiger partial charge >= 0.3 is 5.97 Å². The Labute approximate surface area is 106 Å². The molecule has 0 aromatic rings. The third-order valence-corrected chi connectivity index (χ3v) is 5.78. The van der Waals surface area contributed by atoms with Gasteiger partial charge in [0, 0.05) is 6.92 Å². The Bertz CT molecular complexity index is 315. The number of rotatable bonds is 3. The second kappa shape index (κ2) is 5.38. The molecule has 0 spiro atoms. The van der Waals surface area contributed by atoms with Crippen LogP contribution in [0.5, 0.6) is 0 Å². The van der Waals surface area contributed by atoms with E-state index in [1.165, 1.54) is 18.9 Å². The highest BCUT2D eigenvalue weighted by Gasteiger charge is 2.37. The van der Waals surface area contributed by atoms with E-state index in [0.29, 0.717) is 11.8 Å². The Morgan fingerprint density at radius 3 is 2.47 bits per heavy atom. The van der Waals surface area contributed by atoms with Gasteiger partial charge in [0.05, 0.1) is 8.07 Å². The van der Waals surface area contributed by atoms with Crippen molar-refractivity contribution in [1.29, 1.82) is 0 Å². The third kappa shape index (κ3) is 3.70. The van der Waals surface area contributed by atoms with Crippen LogP contribution in [-0.2, 0) is 9.53 Å². The average molecular weight is 254 g/mol. The topological polar surface area (TPSA) is 26.3 Å². The van der Waals surface area contributed by atoms with E-state index in [4.69, 9.17) is 4.74 Å². The van der Waals surface area contributed by atoms with Crippen molar-refractivity contribution in [3.63, 3.8) is 0 Å². The van der Waals surface area contributed by atoms with E-state index < -0.39 is 8.07 Å². The molecule has 1 aliphatic carbocycles. The summed E-state index contributed by atoms with van der Waals surface area (Å²) in [5.74, 6) is 1.09. The van der Waals surface area contributed by atoms with Gasteiger partial charge in [-0.25, -0.2) is 0 Å². The van der Waals surface area contributed by atoms with Gasteiger partial charge in [-0.05, 0) is 30.3 Å². The van der Waals surface area contributed by atoms with Gasteiger partial charge in [-0.15, -0.1) is 0 Å². The zero-order valence-corrected chi connectivity index (χ0v) is 13.0. The maximum absolute atomic E-state index is 11.3. The smallest absolute Gasteiger partial charge is 0.302 e. The highest BCUT2D eigenvalue weighted by molar-refractivity contribution is 6.78. The van der Waals surface area contributed by atoms with Crippen molar-refractivity contribution >= 4 is 14.0 Å². The Morgan fingerprint density at radius 2 is 2.00 bits per heavy atom. The van der Waals surface area contributed by atoms with Crippen molar-refractivity contribution in [2.75, 3.05) is 0 Å². The van der Waals surface area contributed by atoms with Gasteiger partial charge in [0.15, 0.2) is 0 Å². The lowest BCUT2D eigenvalue weighted by Gasteiger charge is -2.37. The second-order valence-corrected chi connectivity index (χ2v) is 11.7. The van der Waals surface area contributed by atoms with Crippen molar-refractivity contribution in [1.82, 2.24) is 0 Å². The minimum absolute atomic E-state index is 0.0535. The number of carbonyl (C=O) groups excluding carboxylic acids is 1. The predicted octanol–water partition coefficient (Wildman–Crippen LogP) is 3.79. The largest absolute Gasteiger partial charge is 0.462 e. The highest BCUT2D eigenvalue weighted by Crippen LogP contribution is 2.35. The number of hydrogen-bond donors (Lipinski definition) is 0. The van der Waals surface area contributed by atoms with Crippen LogP contribution in [0.3, 0.4) is 0 Å². The fourth-order valence-electron chi connectivity index (χ4n) is 2.53. The molecular formula is C14H26O2Si. The number of ether oxygens (including phenoxy) is 1. The first kappa shape index (κ1) is 14.5. The molecule has 0 saturated heterocycles. The van der Waals surface area contributed by atoms with E-state index in [0.717, 1.165) is 6.42 Å². The summed E-state index contributed by atoms with van der Waals surface area (Å²) in [5, 5.41) is 0. The lowest BCUT2D eigenvalue weighted by molar-refractivity contribution is -0.142. The third-order valence-electron chi connectivity index (χ3n) is 3.75. The minimum atomic E-state index is -1.52. The molecule has 0 aromatic heterocycles. The summed E-state index contributed by atoms with van der Waals surface area (Å²) in [7, 11) is -1.52. The summed E-state index contributed by atoms with van der Waals surface area (Å²) >= 11 is 0. The van der Waals surface area contributed by atoms with Crippen LogP contribution in [0.15, 0.2) is 11.6 Å². The molecule has 0 N–H and O–H groups in total. The molecule has 0 aromatic carbocycles. The lowest BCUT2D eigenvalue weighted by Crippen LogP contribution is -2.45. The van der Waals surface area contributed by atoms with E-state index in [9.17, 15) is 4.79 Å². The van der Waals surface area contributed by atoms with Crippen molar-refractivity contribution in [3.8, 4) is 0 Å². The van der Waals surface area contributed by atoms with Gasteiger partial charge in [0.1, 0.15) is 5.73 Å². The van der Waals surface area contributed by atoms with Crippen molar-refractivity contribution in [2.45, 2.75) is 59.0 Å². The van der Waals surface area contributed by atoms with Crippen molar-refractivity contribution in [3.05, 3.63) is 11.6 Å². The molecule has 2 nitrogen and oxygen atoms in total. The molecule has 0 amide bonds. The van der Waals surface area contributed by atoms with Gasteiger partial charge in [-0.1, -0.05) is 39.6 Å². The average Bonchev–Trinajstić information content (AvgIpc) is 2.17. The Balaban J connectivity index is 2.97. The zero-order chi connectivity index (χ0) is 13.2. The fraction of sp³-hybridized carbons (Fsp3) is 0.786. The van der Waals surface area contributed by atoms with Gasteiger partial charge in [0.2, 0.25) is 0 Å². The normalized spacial score (nSPS) is 27.3. The van der Waals surface area contributed by atoms with Crippen LogP contribution in [0.4, 0.5) is 0 Å². The molecule has 0 fully saturated rings.